The lowest BCUT2D eigenvalue weighted by Crippen LogP contribution is -2.39. The lowest BCUT2D eigenvalue weighted by Gasteiger charge is -2.25. The number of carbonyl (C=O) groups excluding carboxylic acids is 1. The second-order valence-electron chi connectivity index (χ2n) is 5.81. The summed E-state index contributed by atoms with van der Waals surface area (Å²) >= 11 is 0. The fourth-order valence-corrected chi connectivity index (χ4v) is 3.08. The van der Waals surface area contributed by atoms with Crippen LogP contribution in [0.4, 0.5) is 0 Å². The number of aromatic amines is 1. The minimum absolute atomic E-state index is 0.0614. The zero-order valence-corrected chi connectivity index (χ0v) is 12.4. The molecular weight excluding hydrogens is 296 g/mol. The van der Waals surface area contributed by atoms with Crippen LogP contribution in [-0.4, -0.2) is 23.7 Å². The molecule has 6 nitrogen and oxygen atoms in total. The Hall–Kier alpha value is -2.76. The standard InChI is InChI=1S/C17H16N2O4/c20-16-6-2-10-7-12(3-4-13(10)19-16)18-17(21)11-1-5-14-15(8-11)23-9-22-14/h1-2,5-6,8,12H,3-4,7,9H2,(H,18,21)(H,19,20)/t12-/m1/s1. The molecule has 2 aliphatic rings. The van der Waals surface area contributed by atoms with Crippen molar-refractivity contribution in [1.82, 2.24) is 10.3 Å². The van der Waals surface area contributed by atoms with E-state index >= 15 is 0 Å². The summed E-state index contributed by atoms with van der Waals surface area (Å²) in [5, 5.41) is 3.05. The maximum atomic E-state index is 12.4. The SMILES string of the molecule is O=C(N[C@@H]1CCc2[nH]c(=O)ccc2C1)c1ccc2c(c1)OCO2. The van der Waals surface area contributed by atoms with Crippen LogP contribution in [0.3, 0.4) is 0 Å². The van der Waals surface area contributed by atoms with E-state index in [2.05, 4.69) is 10.3 Å². The van der Waals surface area contributed by atoms with Gasteiger partial charge in [0.15, 0.2) is 11.5 Å². The number of hydrogen-bond acceptors (Lipinski definition) is 4. The molecule has 2 heterocycles. The number of fused-ring (bicyclic) bond motifs is 2. The average molecular weight is 312 g/mol. The van der Waals surface area contributed by atoms with E-state index in [9.17, 15) is 9.59 Å². The molecule has 1 atom stereocenters. The maximum absolute atomic E-state index is 12.4. The van der Waals surface area contributed by atoms with Gasteiger partial charge in [0.05, 0.1) is 0 Å². The molecular formula is C17H16N2O4. The molecule has 1 aliphatic heterocycles. The summed E-state index contributed by atoms with van der Waals surface area (Å²) in [4.78, 5) is 26.6. The van der Waals surface area contributed by atoms with Gasteiger partial charge in [0.2, 0.25) is 12.4 Å². The molecule has 1 aromatic carbocycles. The molecule has 0 radical (unpaired) electrons. The van der Waals surface area contributed by atoms with Crippen LogP contribution < -0.4 is 20.3 Å². The summed E-state index contributed by atoms with van der Waals surface area (Å²) in [5.74, 6) is 1.14. The minimum atomic E-state index is -0.124. The van der Waals surface area contributed by atoms with Crippen LogP contribution in [0, 0.1) is 0 Å². The molecule has 23 heavy (non-hydrogen) atoms. The van der Waals surface area contributed by atoms with Crippen molar-refractivity contribution in [3.8, 4) is 11.5 Å². The first-order valence-electron chi connectivity index (χ1n) is 7.60. The molecule has 0 fully saturated rings. The molecule has 1 aromatic heterocycles. The van der Waals surface area contributed by atoms with Crippen molar-refractivity contribution in [2.24, 2.45) is 0 Å². The molecule has 1 amide bonds. The molecule has 0 saturated carbocycles. The molecule has 0 saturated heterocycles. The van der Waals surface area contributed by atoms with E-state index in [1.165, 1.54) is 6.07 Å². The van der Waals surface area contributed by atoms with Crippen LogP contribution >= 0.6 is 0 Å². The summed E-state index contributed by atoms with van der Waals surface area (Å²) in [5.41, 5.74) is 2.55. The molecule has 0 unspecified atom stereocenters. The first-order valence-corrected chi connectivity index (χ1v) is 7.60. The van der Waals surface area contributed by atoms with Crippen molar-refractivity contribution in [2.75, 3.05) is 6.79 Å². The highest BCUT2D eigenvalue weighted by molar-refractivity contribution is 5.95. The lowest BCUT2D eigenvalue weighted by atomic mass is 9.91. The van der Waals surface area contributed by atoms with Crippen molar-refractivity contribution < 1.29 is 14.3 Å². The number of nitrogens with one attached hydrogen (secondary N) is 2. The summed E-state index contributed by atoms with van der Waals surface area (Å²) in [6, 6.07) is 8.61. The number of pyridine rings is 1. The van der Waals surface area contributed by atoms with Crippen LogP contribution in [0.2, 0.25) is 0 Å². The quantitative estimate of drug-likeness (QED) is 0.878. The number of benzene rings is 1. The predicted molar refractivity (Wildman–Crippen MR) is 82.9 cm³/mol. The van der Waals surface area contributed by atoms with Crippen LogP contribution in [0.25, 0.3) is 0 Å². The molecule has 1 aliphatic carbocycles. The summed E-state index contributed by atoms with van der Waals surface area (Å²) < 4.78 is 10.5. The summed E-state index contributed by atoms with van der Waals surface area (Å²) in [6.45, 7) is 0.192. The number of rotatable bonds is 2. The van der Waals surface area contributed by atoms with Gasteiger partial charge in [-0.2, -0.15) is 0 Å². The van der Waals surface area contributed by atoms with E-state index in [1.54, 1.807) is 18.2 Å². The highest BCUT2D eigenvalue weighted by Crippen LogP contribution is 2.32. The first kappa shape index (κ1) is 13.9. The van der Waals surface area contributed by atoms with Gasteiger partial charge < -0.3 is 19.8 Å². The first-order chi connectivity index (χ1) is 11.2. The number of aryl methyl sites for hydroxylation is 1. The van der Waals surface area contributed by atoms with Crippen molar-refractivity contribution in [2.45, 2.75) is 25.3 Å². The number of hydrogen-bond donors (Lipinski definition) is 2. The van der Waals surface area contributed by atoms with Gasteiger partial charge in [-0.25, -0.2) is 0 Å². The van der Waals surface area contributed by atoms with Gasteiger partial charge in [-0.3, -0.25) is 9.59 Å². The average Bonchev–Trinajstić information content (AvgIpc) is 3.02. The number of amides is 1. The molecule has 4 rings (SSSR count). The van der Waals surface area contributed by atoms with Gasteiger partial charge in [0, 0.05) is 23.4 Å². The maximum Gasteiger partial charge on any atom is 0.251 e. The summed E-state index contributed by atoms with van der Waals surface area (Å²) in [6.07, 6.45) is 2.29. The van der Waals surface area contributed by atoms with Gasteiger partial charge in [-0.1, -0.05) is 6.07 Å². The van der Waals surface area contributed by atoms with Crippen LogP contribution in [0.15, 0.2) is 35.1 Å². The molecule has 2 aromatic rings. The Labute approximate surface area is 132 Å². The molecule has 118 valence electrons. The van der Waals surface area contributed by atoms with E-state index in [1.807, 2.05) is 6.07 Å². The van der Waals surface area contributed by atoms with E-state index in [0.29, 0.717) is 17.1 Å². The number of carbonyl (C=O) groups is 1. The predicted octanol–water partition coefficient (Wildman–Crippen LogP) is 1.39. The lowest BCUT2D eigenvalue weighted by molar-refractivity contribution is 0.0933. The van der Waals surface area contributed by atoms with E-state index in [0.717, 1.165) is 30.5 Å². The Balaban J connectivity index is 1.47. The van der Waals surface area contributed by atoms with Crippen molar-refractivity contribution in [3.05, 3.63) is 57.5 Å². The topological polar surface area (TPSA) is 80.4 Å². The number of aromatic nitrogens is 1. The zero-order chi connectivity index (χ0) is 15.8. The Bertz CT molecular complexity index is 828. The van der Waals surface area contributed by atoms with E-state index in [-0.39, 0.29) is 24.3 Å². The summed E-state index contributed by atoms with van der Waals surface area (Å²) in [7, 11) is 0. The van der Waals surface area contributed by atoms with Crippen molar-refractivity contribution in [1.29, 1.82) is 0 Å². The van der Waals surface area contributed by atoms with Gasteiger partial charge in [-0.05, 0) is 43.0 Å². The largest absolute Gasteiger partial charge is 0.454 e. The van der Waals surface area contributed by atoms with Crippen molar-refractivity contribution in [3.63, 3.8) is 0 Å². The normalized spacial score (nSPS) is 18.3. The van der Waals surface area contributed by atoms with Crippen LogP contribution in [0.5, 0.6) is 11.5 Å². The molecule has 6 heteroatoms. The van der Waals surface area contributed by atoms with Crippen LogP contribution in [0.1, 0.15) is 28.0 Å². The van der Waals surface area contributed by atoms with E-state index in [4.69, 9.17) is 9.47 Å². The second kappa shape index (κ2) is 5.46. The fraction of sp³-hybridized carbons (Fsp3) is 0.294. The molecule has 2 N–H and O–H groups in total. The Morgan fingerprint density at radius 2 is 2.04 bits per heavy atom. The smallest absolute Gasteiger partial charge is 0.251 e. The highest BCUT2D eigenvalue weighted by atomic mass is 16.7. The third kappa shape index (κ3) is 2.67. The molecule has 0 spiro atoms. The third-order valence-electron chi connectivity index (χ3n) is 4.28. The minimum Gasteiger partial charge on any atom is -0.454 e. The fourth-order valence-electron chi connectivity index (χ4n) is 3.08. The highest BCUT2D eigenvalue weighted by Gasteiger charge is 2.22. The second-order valence-corrected chi connectivity index (χ2v) is 5.81. The number of H-pyrrole nitrogens is 1. The van der Waals surface area contributed by atoms with Gasteiger partial charge in [0.1, 0.15) is 0 Å². The number of ether oxygens (including phenoxy) is 2. The van der Waals surface area contributed by atoms with E-state index < -0.39 is 0 Å². The van der Waals surface area contributed by atoms with Crippen LogP contribution in [-0.2, 0) is 12.8 Å². The van der Waals surface area contributed by atoms with Gasteiger partial charge in [-0.15, -0.1) is 0 Å². The van der Waals surface area contributed by atoms with Crippen molar-refractivity contribution >= 4 is 5.91 Å². The van der Waals surface area contributed by atoms with Gasteiger partial charge >= 0.3 is 0 Å². The Morgan fingerprint density at radius 3 is 2.96 bits per heavy atom. The Morgan fingerprint density at radius 1 is 1.17 bits per heavy atom. The third-order valence-corrected chi connectivity index (χ3v) is 4.28. The zero-order valence-electron chi connectivity index (χ0n) is 12.4. The monoisotopic (exact) mass is 312 g/mol. The Kier molecular flexibility index (Phi) is 3.29. The van der Waals surface area contributed by atoms with Gasteiger partial charge in [0.25, 0.3) is 5.91 Å². The molecule has 0 bridgehead atoms.